The molecule has 0 aliphatic carbocycles. The van der Waals surface area contributed by atoms with Gasteiger partial charge in [0.1, 0.15) is 0 Å². The summed E-state index contributed by atoms with van der Waals surface area (Å²) in [6.45, 7) is 0.331. The molecule has 0 amide bonds. The minimum absolute atomic E-state index is 0.0458. The molecule has 16 heavy (non-hydrogen) atoms. The minimum atomic E-state index is -3.29. The first-order chi connectivity index (χ1) is 7.48. The highest BCUT2D eigenvalue weighted by Crippen LogP contribution is 2.16. The first-order valence-electron chi connectivity index (χ1n) is 5.05. The van der Waals surface area contributed by atoms with Crippen LogP contribution in [-0.2, 0) is 16.4 Å². The van der Waals surface area contributed by atoms with Crippen molar-refractivity contribution < 1.29 is 13.2 Å². The lowest BCUT2D eigenvalue weighted by Gasteiger charge is -2.15. The summed E-state index contributed by atoms with van der Waals surface area (Å²) in [7, 11) is -3.29. The number of carbonyl (C=O) groups excluding carboxylic acids is 1. The Bertz CT molecular complexity index is 522. The van der Waals surface area contributed by atoms with Crippen LogP contribution in [0.4, 0.5) is 0 Å². The molecule has 0 bridgehead atoms. The molecule has 1 heterocycles. The Morgan fingerprint density at radius 3 is 2.62 bits per heavy atom. The lowest BCUT2D eigenvalue weighted by atomic mass is 10.0. The van der Waals surface area contributed by atoms with Crippen molar-refractivity contribution in [2.24, 2.45) is 0 Å². The summed E-state index contributed by atoms with van der Waals surface area (Å²) in [6, 6.07) is 7.29. The van der Waals surface area contributed by atoms with Gasteiger partial charge in [0, 0.05) is 12.1 Å². The van der Waals surface area contributed by atoms with Crippen LogP contribution in [0.1, 0.15) is 15.9 Å². The van der Waals surface area contributed by atoms with Crippen molar-refractivity contribution in [2.75, 3.05) is 19.3 Å². The molecule has 1 aromatic carbocycles. The first-order valence-corrected chi connectivity index (χ1v) is 6.89. The summed E-state index contributed by atoms with van der Waals surface area (Å²) < 4.78 is 24.1. The van der Waals surface area contributed by atoms with E-state index in [4.69, 9.17) is 0 Å². The fourth-order valence-electron chi connectivity index (χ4n) is 1.86. The predicted octanol–water partition coefficient (Wildman–Crippen LogP) is 0.687. The normalized spacial score (nSPS) is 17.9. The van der Waals surface area contributed by atoms with Crippen LogP contribution in [-0.4, -0.2) is 37.9 Å². The second kappa shape index (κ2) is 3.99. The van der Waals surface area contributed by atoms with Gasteiger partial charge in [0.05, 0.1) is 12.8 Å². The molecule has 4 nitrogen and oxygen atoms in total. The molecule has 86 valence electrons. The number of nitrogens with zero attached hydrogens (tertiary/aromatic N) is 1. The second-order valence-corrected chi connectivity index (χ2v) is 5.91. The Kier molecular flexibility index (Phi) is 2.82. The zero-order valence-electron chi connectivity index (χ0n) is 9.01. The molecule has 0 aromatic heterocycles. The molecule has 0 fully saturated rings. The molecule has 0 radical (unpaired) electrons. The molecule has 0 atom stereocenters. The summed E-state index contributed by atoms with van der Waals surface area (Å²) in [5, 5.41) is 0. The second-order valence-electron chi connectivity index (χ2n) is 3.93. The zero-order valence-corrected chi connectivity index (χ0v) is 9.83. The Labute approximate surface area is 94.9 Å². The zero-order chi connectivity index (χ0) is 11.8. The fraction of sp³-hybridized carbons (Fsp3) is 0.364. The van der Waals surface area contributed by atoms with Gasteiger partial charge in [0.25, 0.3) is 0 Å². The maximum absolute atomic E-state index is 11.9. The first kappa shape index (κ1) is 11.3. The van der Waals surface area contributed by atoms with Gasteiger partial charge in [-0.1, -0.05) is 24.3 Å². The lowest BCUT2D eigenvalue weighted by molar-refractivity contribution is 0.0972. The quantitative estimate of drug-likeness (QED) is 0.724. The third kappa shape index (κ3) is 2.15. The fourth-order valence-corrected chi connectivity index (χ4v) is 2.64. The van der Waals surface area contributed by atoms with Gasteiger partial charge in [-0.05, 0) is 12.0 Å². The minimum Gasteiger partial charge on any atom is -0.293 e. The van der Waals surface area contributed by atoms with Gasteiger partial charge in [-0.3, -0.25) is 4.79 Å². The van der Waals surface area contributed by atoms with E-state index in [-0.39, 0.29) is 12.3 Å². The van der Waals surface area contributed by atoms with Crippen molar-refractivity contribution in [3.8, 4) is 0 Å². The molecule has 1 aliphatic rings. The largest absolute Gasteiger partial charge is 0.293 e. The highest BCUT2D eigenvalue weighted by molar-refractivity contribution is 7.88. The summed E-state index contributed by atoms with van der Waals surface area (Å²) in [5.41, 5.74) is 1.58. The van der Waals surface area contributed by atoms with Crippen LogP contribution in [0.2, 0.25) is 0 Å². The van der Waals surface area contributed by atoms with Crippen molar-refractivity contribution in [3.63, 3.8) is 0 Å². The van der Waals surface area contributed by atoms with Crippen LogP contribution in [0.15, 0.2) is 24.3 Å². The molecule has 0 unspecified atom stereocenters. The van der Waals surface area contributed by atoms with Gasteiger partial charge >= 0.3 is 0 Å². The number of Topliss-reactive ketones (excluding diaryl/α,β-unsaturated/α-hetero) is 1. The van der Waals surface area contributed by atoms with Gasteiger partial charge in [0.15, 0.2) is 5.78 Å². The van der Waals surface area contributed by atoms with Crippen LogP contribution >= 0.6 is 0 Å². The van der Waals surface area contributed by atoms with Crippen LogP contribution in [0, 0.1) is 0 Å². The molecular weight excluding hydrogens is 226 g/mol. The molecular formula is C11H13NO3S. The predicted molar refractivity (Wildman–Crippen MR) is 60.9 cm³/mol. The third-order valence-corrected chi connectivity index (χ3v) is 3.99. The number of hydrogen-bond donors (Lipinski definition) is 0. The topological polar surface area (TPSA) is 54.5 Å². The molecule has 2 rings (SSSR count). The van der Waals surface area contributed by atoms with Crippen LogP contribution in [0.25, 0.3) is 0 Å². The average molecular weight is 239 g/mol. The van der Waals surface area contributed by atoms with Crippen molar-refractivity contribution in [2.45, 2.75) is 6.42 Å². The average Bonchev–Trinajstić information content (AvgIpc) is 2.38. The Hall–Kier alpha value is -1.20. The Morgan fingerprint density at radius 1 is 1.25 bits per heavy atom. The summed E-state index contributed by atoms with van der Waals surface area (Å²) in [4.78, 5) is 11.9. The van der Waals surface area contributed by atoms with E-state index >= 15 is 0 Å². The Morgan fingerprint density at radius 2 is 1.94 bits per heavy atom. The van der Waals surface area contributed by atoms with E-state index in [0.29, 0.717) is 18.5 Å². The summed E-state index contributed by atoms with van der Waals surface area (Å²) in [6.07, 6.45) is 1.73. The van der Waals surface area contributed by atoms with Gasteiger partial charge in [-0.25, -0.2) is 8.42 Å². The molecule has 1 aromatic rings. The number of hydrogen-bond acceptors (Lipinski definition) is 3. The lowest BCUT2D eigenvalue weighted by Crippen LogP contribution is -2.34. The van der Waals surface area contributed by atoms with E-state index in [1.165, 1.54) is 4.31 Å². The van der Waals surface area contributed by atoms with Crippen LogP contribution < -0.4 is 0 Å². The molecule has 0 saturated heterocycles. The van der Waals surface area contributed by atoms with Gasteiger partial charge in [-0.15, -0.1) is 0 Å². The van der Waals surface area contributed by atoms with E-state index in [2.05, 4.69) is 0 Å². The van der Waals surface area contributed by atoms with E-state index in [1.807, 2.05) is 12.1 Å². The number of carbonyl (C=O) groups is 1. The number of fused-ring (bicyclic) bond motifs is 1. The standard InChI is InChI=1S/C11H13NO3S/c1-16(14,15)12-7-6-9-4-2-3-5-10(9)11(13)8-12/h2-5H,6-8H2,1H3. The molecule has 1 aliphatic heterocycles. The number of sulfonamides is 1. The number of ketones is 1. The van der Waals surface area contributed by atoms with Crippen molar-refractivity contribution in [3.05, 3.63) is 35.4 Å². The summed E-state index contributed by atoms with van der Waals surface area (Å²) >= 11 is 0. The van der Waals surface area contributed by atoms with Crippen molar-refractivity contribution in [1.82, 2.24) is 4.31 Å². The highest BCUT2D eigenvalue weighted by Gasteiger charge is 2.25. The van der Waals surface area contributed by atoms with Gasteiger partial charge in [0.2, 0.25) is 10.0 Å². The monoisotopic (exact) mass is 239 g/mol. The SMILES string of the molecule is CS(=O)(=O)N1CCc2ccccc2C(=O)C1. The van der Waals surface area contributed by atoms with Gasteiger partial charge < -0.3 is 0 Å². The van der Waals surface area contributed by atoms with E-state index < -0.39 is 10.0 Å². The van der Waals surface area contributed by atoms with E-state index in [0.717, 1.165) is 11.8 Å². The van der Waals surface area contributed by atoms with Gasteiger partial charge in [-0.2, -0.15) is 4.31 Å². The molecule has 0 saturated carbocycles. The van der Waals surface area contributed by atoms with Crippen molar-refractivity contribution in [1.29, 1.82) is 0 Å². The maximum atomic E-state index is 11.9. The van der Waals surface area contributed by atoms with Crippen LogP contribution in [0.3, 0.4) is 0 Å². The number of benzene rings is 1. The molecule has 0 spiro atoms. The summed E-state index contributed by atoms with van der Waals surface area (Å²) in [5.74, 6) is -0.126. The Balaban J connectivity index is 2.37. The smallest absolute Gasteiger partial charge is 0.211 e. The molecule has 5 heteroatoms. The third-order valence-electron chi connectivity index (χ3n) is 2.74. The maximum Gasteiger partial charge on any atom is 0.211 e. The molecule has 0 N–H and O–H groups in total. The van der Waals surface area contributed by atoms with Crippen LogP contribution in [0.5, 0.6) is 0 Å². The van der Waals surface area contributed by atoms with E-state index in [1.54, 1.807) is 12.1 Å². The van der Waals surface area contributed by atoms with E-state index in [9.17, 15) is 13.2 Å². The van der Waals surface area contributed by atoms with Crippen molar-refractivity contribution >= 4 is 15.8 Å². The number of rotatable bonds is 1. The highest BCUT2D eigenvalue weighted by atomic mass is 32.2.